The molecule has 0 radical (unpaired) electrons. The Labute approximate surface area is 119 Å². The van der Waals surface area contributed by atoms with Gasteiger partial charge in [-0.25, -0.2) is 23.2 Å². The average Bonchev–Trinajstić information content (AvgIpc) is 2.38. The van der Waals surface area contributed by atoms with E-state index in [1.54, 1.807) is 0 Å². The number of carbonyl (C=O) groups is 1. The molecule has 104 valence electrons. The van der Waals surface area contributed by atoms with E-state index >= 15 is 0 Å². The van der Waals surface area contributed by atoms with Gasteiger partial charge < -0.3 is 5.11 Å². The van der Waals surface area contributed by atoms with Gasteiger partial charge in [0.15, 0.2) is 9.84 Å². The Balaban J connectivity index is 2.49. The number of aromatic nitrogens is 2. The number of hydrogen-bond acceptors (Lipinski definition) is 6. The van der Waals surface area contributed by atoms with Crippen molar-refractivity contribution in [2.75, 3.05) is 6.26 Å². The summed E-state index contributed by atoms with van der Waals surface area (Å²) in [6.45, 7) is 0. The Morgan fingerprint density at radius 1 is 1.15 bits per heavy atom. The van der Waals surface area contributed by atoms with Gasteiger partial charge >= 0.3 is 5.97 Å². The summed E-state index contributed by atoms with van der Waals surface area (Å²) in [6.07, 6.45) is 3.96. The highest BCUT2D eigenvalue weighted by atomic mass is 32.2. The molecular formula is C12H10N2O4S2. The maximum atomic E-state index is 11.7. The summed E-state index contributed by atoms with van der Waals surface area (Å²) in [4.78, 5) is 19.1. The third-order valence-electron chi connectivity index (χ3n) is 2.33. The van der Waals surface area contributed by atoms with Gasteiger partial charge in [-0.1, -0.05) is 0 Å². The first-order chi connectivity index (χ1) is 9.39. The molecule has 0 amide bonds. The minimum atomic E-state index is -3.45. The van der Waals surface area contributed by atoms with Gasteiger partial charge in [-0.15, -0.1) is 0 Å². The molecule has 0 spiro atoms. The summed E-state index contributed by atoms with van der Waals surface area (Å²) >= 11 is 0.914. The van der Waals surface area contributed by atoms with E-state index in [2.05, 4.69) is 9.97 Å². The molecule has 2 aromatic rings. The van der Waals surface area contributed by atoms with Gasteiger partial charge in [-0.3, -0.25) is 0 Å². The van der Waals surface area contributed by atoms with E-state index in [-0.39, 0.29) is 20.5 Å². The summed E-state index contributed by atoms with van der Waals surface area (Å²) in [5, 5.41) is 9.48. The molecule has 8 heteroatoms. The van der Waals surface area contributed by atoms with Crippen molar-refractivity contribution in [1.29, 1.82) is 0 Å². The van der Waals surface area contributed by atoms with E-state index in [9.17, 15) is 13.2 Å². The Hall–Kier alpha value is -1.93. The molecule has 0 bridgehead atoms. The van der Waals surface area contributed by atoms with Crippen molar-refractivity contribution in [1.82, 2.24) is 9.97 Å². The van der Waals surface area contributed by atoms with E-state index in [4.69, 9.17) is 5.11 Å². The highest BCUT2D eigenvalue weighted by Crippen LogP contribution is 2.31. The van der Waals surface area contributed by atoms with Gasteiger partial charge in [-0.2, -0.15) is 0 Å². The molecule has 20 heavy (non-hydrogen) atoms. The predicted molar refractivity (Wildman–Crippen MR) is 72.7 cm³/mol. The molecule has 0 aliphatic carbocycles. The van der Waals surface area contributed by atoms with Crippen LogP contribution < -0.4 is 0 Å². The number of rotatable bonds is 4. The molecule has 1 N–H and O–H groups in total. The number of aromatic carboxylic acids is 1. The lowest BCUT2D eigenvalue weighted by Crippen LogP contribution is -2.03. The SMILES string of the molecule is CS(=O)(=O)c1cccnc1Sc1ncccc1C(=O)O. The molecule has 2 rings (SSSR count). The molecule has 2 heterocycles. The van der Waals surface area contributed by atoms with Crippen LogP contribution in [0.25, 0.3) is 0 Å². The second kappa shape index (κ2) is 5.59. The third-order valence-corrected chi connectivity index (χ3v) is 4.63. The van der Waals surface area contributed by atoms with E-state index in [1.165, 1.54) is 36.7 Å². The lowest BCUT2D eigenvalue weighted by atomic mass is 10.3. The summed E-state index contributed by atoms with van der Waals surface area (Å²) in [6, 6.07) is 5.84. The van der Waals surface area contributed by atoms with Gasteiger partial charge in [0.2, 0.25) is 0 Å². The van der Waals surface area contributed by atoms with Crippen molar-refractivity contribution in [3.63, 3.8) is 0 Å². The predicted octanol–water partition coefficient (Wildman–Crippen LogP) is 1.73. The second-order valence-corrected chi connectivity index (χ2v) is 6.80. The Bertz CT molecular complexity index is 760. The van der Waals surface area contributed by atoms with E-state index in [0.717, 1.165) is 18.0 Å². The topological polar surface area (TPSA) is 97.2 Å². The molecule has 0 unspecified atom stereocenters. The van der Waals surface area contributed by atoms with Crippen LogP contribution in [0, 0.1) is 0 Å². The van der Waals surface area contributed by atoms with Crippen LogP contribution in [0.15, 0.2) is 51.6 Å². The van der Waals surface area contributed by atoms with Crippen molar-refractivity contribution >= 4 is 27.6 Å². The molecule has 0 saturated heterocycles. The van der Waals surface area contributed by atoms with Crippen LogP contribution in [0.3, 0.4) is 0 Å². The Morgan fingerprint density at radius 2 is 1.75 bits per heavy atom. The van der Waals surface area contributed by atoms with Crippen LogP contribution >= 0.6 is 11.8 Å². The zero-order valence-corrected chi connectivity index (χ0v) is 12.0. The average molecular weight is 310 g/mol. The highest BCUT2D eigenvalue weighted by molar-refractivity contribution is 8.00. The summed E-state index contributed by atoms with van der Waals surface area (Å²) in [5.74, 6) is -1.13. The highest BCUT2D eigenvalue weighted by Gasteiger charge is 2.18. The number of carboxylic acid groups (broad SMARTS) is 1. The smallest absolute Gasteiger partial charge is 0.338 e. The van der Waals surface area contributed by atoms with Crippen LogP contribution in [0.2, 0.25) is 0 Å². The largest absolute Gasteiger partial charge is 0.478 e. The quantitative estimate of drug-likeness (QED) is 0.918. The molecule has 6 nitrogen and oxygen atoms in total. The zero-order valence-electron chi connectivity index (χ0n) is 10.3. The summed E-state index contributed by atoms with van der Waals surface area (Å²) in [7, 11) is -3.45. The summed E-state index contributed by atoms with van der Waals surface area (Å²) < 4.78 is 23.3. The molecule has 2 aromatic heterocycles. The number of carboxylic acids is 1. The van der Waals surface area contributed by atoms with Crippen LogP contribution in [-0.2, 0) is 9.84 Å². The molecule has 0 aliphatic heterocycles. The van der Waals surface area contributed by atoms with Crippen LogP contribution in [-0.4, -0.2) is 35.7 Å². The monoisotopic (exact) mass is 310 g/mol. The third kappa shape index (κ3) is 3.14. The Kier molecular flexibility index (Phi) is 4.05. The fourth-order valence-corrected chi connectivity index (χ4v) is 3.58. The normalized spacial score (nSPS) is 11.2. The minimum Gasteiger partial charge on any atom is -0.478 e. The minimum absolute atomic E-state index is 0.00241. The molecule has 0 aromatic carbocycles. The maximum Gasteiger partial charge on any atom is 0.338 e. The van der Waals surface area contributed by atoms with Crippen LogP contribution in [0.4, 0.5) is 0 Å². The Morgan fingerprint density at radius 3 is 2.35 bits per heavy atom. The van der Waals surface area contributed by atoms with Gasteiger partial charge in [0.25, 0.3) is 0 Å². The van der Waals surface area contributed by atoms with Crippen LogP contribution in [0.1, 0.15) is 10.4 Å². The fraction of sp³-hybridized carbons (Fsp3) is 0.0833. The number of hydrogen-bond donors (Lipinski definition) is 1. The van der Waals surface area contributed by atoms with Crippen molar-refractivity contribution in [2.24, 2.45) is 0 Å². The van der Waals surface area contributed by atoms with E-state index in [1.807, 2.05) is 0 Å². The number of nitrogens with zero attached hydrogens (tertiary/aromatic N) is 2. The standard InChI is InChI=1S/C12H10N2O4S2/c1-20(17,18)9-5-3-7-14-11(9)19-10-8(12(15)16)4-2-6-13-10/h2-7H,1H3,(H,15,16). The molecule has 0 fully saturated rings. The van der Waals surface area contributed by atoms with Gasteiger partial charge in [0.1, 0.15) is 10.1 Å². The van der Waals surface area contributed by atoms with Crippen LogP contribution in [0.5, 0.6) is 0 Å². The van der Waals surface area contributed by atoms with Crippen molar-refractivity contribution in [3.8, 4) is 0 Å². The summed E-state index contributed by atoms with van der Waals surface area (Å²) in [5.41, 5.74) is 0.00241. The van der Waals surface area contributed by atoms with Crippen molar-refractivity contribution in [3.05, 3.63) is 42.2 Å². The van der Waals surface area contributed by atoms with Crippen molar-refractivity contribution in [2.45, 2.75) is 14.9 Å². The molecule has 0 saturated carbocycles. The number of sulfone groups is 1. The second-order valence-electron chi connectivity index (χ2n) is 3.84. The van der Waals surface area contributed by atoms with E-state index in [0.29, 0.717) is 0 Å². The van der Waals surface area contributed by atoms with Gasteiger partial charge in [0, 0.05) is 18.6 Å². The first-order valence-corrected chi connectivity index (χ1v) is 8.11. The van der Waals surface area contributed by atoms with Gasteiger partial charge in [0.05, 0.1) is 10.5 Å². The first kappa shape index (κ1) is 14.5. The molecule has 0 aliphatic rings. The van der Waals surface area contributed by atoms with E-state index < -0.39 is 15.8 Å². The maximum absolute atomic E-state index is 11.7. The first-order valence-electron chi connectivity index (χ1n) is 5.41. The molecule has 0 atom stereocenters. The van der Waals surface area contributed by atoms with Crippen molar-refractivity contribution < 1.29 is 18.3 Å². The lowest BCUT2D eigenvalue weighted by Gasteiger charge is -2.07. The fourth-order valence-electron chi connectivity index (χ4n) is 1.46. The number of pyridine rings is 2. The molecular weight excluding hydrogens is 300 g/mol. The lowest BCUT2D eigenvalue weighted by molar-refractivity contribution is 0.0692. The zero-order chi connectivity index (χ0) is 14.8. The van der Waals surface area contributed by atoms with Gasteiger partial charge in [-0.05, 0) is 36.0 Å².